The highest BCUT2D eigenvalue weighted by Crippen LogP contribution is 2.16. The largest absolute Gasteiger partial charge is 0.478 e. The van der Waals surface area contributed by atoms with Gasteiger partial charge in [-0.15, -0.1) is 0 Å². The SMILES string of the molecule is COCC(C=C(C)C(=O)O)(OC)OC. The van der Waals surface area contributed by atoms with Crippen LogP contribution in [-0.2, 0) is 19.0 Å². The van der Waals surface area contributed by atoms with Gasteiger partial charge in [0.05, 0.1) is 0 Å². The zero-order valence-corrected chi connectivity index (χ0v) is 8.86. The van der Waals surface area contributed by atoms with Gasteiger partial charge in [0.25, 0.3) is 0 Å². The van der Waals surface area contributed by atoms with E-state index in [1.54, 1.807) is 0 Å². The molecule has 14 heavy (non-hydrogen) atoms. The van der Waals surface area contributed by atoms with E-state index in [1.165, 1.54) is 34.3 Å². The first-order valence-electron chi connectivity index (χ1n) is 4.03. The van der Waals surface area contributed by atoms with Crippen molar-refractivity contribution in [3.8, 4) is 0 Å². The van der Waals surface area contributed by atoms with E-state index in [-0.39, 0.29) is 12.2 Å². The van der Waals surface area contributed by atoms with Crippen molar-refractivity contribution >= 4 is 5.97 Å². The number of hydrogen-bond donors (Lipinski definition) is 1. The molecule has 82 valence electrons. The monoisotopic (exact) mass is 204 g/mol. The number of carboxylic acids is 1. The van der Waals surface area contributed by atoms with Crippen LogP contribution in [0.5, 0.6) is 0 Å². The van der Waals surface area contributed by atoms with Crippen molar-refractivity contribution in [3.05, 3.63) is 11.6 Å². The Hall–Kier alpha value is -0.910. The van der Waals surface area contributed by atoms with Gasteiger partial charge in [0.2, 0.25) is 5.79 Å². The molecule has 0 aromatic rings. The first kappa shape index (κ1) is 13.1. The minimum Gasteiger partial charge on any atom is -0.478 e. The van der Waals surface area contributed by atoms with Crippen LogP contribution in [0.1, 0.15) is 6.92 Å². The van der Waals surface area contributed by atoms with Crippen LogP contribution in [0, 0.1) is 0 Å². The molecule has 0 atom stereocenters. The third kappa shape index (κ3) is 3.45. The van der Waals surface area contributed by atoms with E-state index in [1.807, 2.05) is 0 Å². The Morgan fingerprint density at radius 2 is 1.86 bits per heavy atom. The van der Waals surface area contributed by atoms with Gasteiger partial charge >= 0.3 is 5.97 Å². The van der Waals surface area contributed by atoms with Crippen molar-refractivity contribution in [1.29, 1.82) is 0 Å². The van der Waals surface area contributed by atoms with Crippen LogP contribution in [0.25, 0.3) is 0 Å². The molecule has 0 bridgehead atoms. The van der Waals surface area contributed by atoms with Crippen LogP contribution in [-0.4, -0.2) is 44.8 Å². The maximum absolute atomic E-state index is 10.6. The standard InChI is InChI=1S/C9H16O5/c1-7(8(10)11)5-9(13-3,14-4)6-12-2/h5H,6H2,1-4H3,(H,10,11). The lowest BCUT2D eigenvalue weighted by atomic mass is 10.2. The highest BCUT2D eigenvalue weighted by Gasteiger charge is 2.28. The fourth-order valence-electron chi connectivity index (χ4n) is 0.953. The number of aliphatic carboxylic acids is 1. The van der Waals surface area contributed by atoms with Gasteiger partial charge in [0, 0.05) is 26.9 Å². The van der Waals surface area contributed by atoms with Crippen LogP contribution in [0.3, 0.4) is 0 Å². The molecule has 0 amide bonds. The normalized spacial score (nSPS) is 13.0. The average molecular weight is 204 g/mol. The van der Waals surface area contributed by atoms with Crippen LogP contribution in [0.4, 0.5) is 0 Å². The molecule has 0 unspecified atom stereocenters. The topological polar surface area (TPSA) is 65.0 Å². The van der Waals surface area contributed by atoms with Crippen molar-refractivity contribution in [2.45, 2.75) is 12.7 Å². The Bertz CT molecular complexity index is 217. The minimum atomic E-state index is -1.13. The maximum Gasteiger partial charge on any atom is 0.331 e. The third-order valence-electron chi connectivity index (χ3n) is 1.81. The fourth-order valence-corrected chi connectivity index (χ4v) is 0.953. The van der Waals surface area contributed by atoms with E-state index >= 15 is 0 Å². The summed E-state index contributed by atoms with van der Waals surface area (Å²) in [6, 6.07) is 0. The molecular formula is C9H16O5. The molecule has 0 radical (unpaired) electrons. The number of ether oxygens (including phenoxy) is 3. The zero-order chi connectivity index (χ0) is 11.2. The van der Waals surface area contributed by atoms with Crippen molar-refractivity contribution in [3.63, 3.8) is 0 Å². The average Bonchev–Trinajstić information content (AvgIpc) is 2.16. The smallest absolute Gasteiger partial charge is 0.331 e. The van der Waals surface area contributed by atoms with Gasteiger partial charge in [-0.05, 0) is 13.0 Å². The Labute approximate surface area is 83.3 Å². The van der Waals surface area contributed by atoms with E-state index < -0.39 is 11.8 Å². The number of carbonyl (C=O) groups is 1. The van der Waals surface area contributed by atoms with Gasteiger partial charge in [-0.1, -0.05) is 0 Å². The quantitative estimate of drug-likeness (QED) is 0.508. The molecule has 0 aliphatic rings. The Morgan fingerprint density at radius 1 is 1.36 bits per heavy atom. The second-order valence-electron chi connectivity index (χ2n) is 2.79. The molecule has 0 aromatic heterocycles. The molecule has 0 aliphatic heterocycles. The Morgan fingerprint density at radius 3 is 2.14 bits per heavy atom. The molecule has 0 heterocycles. The molecule has 0 saturated heterocycles. The molecule has 5 heteroatoms. The molecule has 0 rings (SSSR count). The molecule has 0 fully saturated rings. The van der Waals surface area contributed by atoms with Gasteiger partial charge in [0.15, 0.2) is 0 Å². The predicted octanol–water partition coefficient (Wildman–Crippen LogP) is 0.653. The summed E-state index contributed by atoms with van der Waals surface area (Å²) in [7, 11) is 4.33. The first-order chi connectivity index (χ1) is 6.51. The van der Waals surface area contributed by atoms with Crippen molar-refractivity contribution in [2.24, 2.45) is 0 Å². The van der Waals surface area contributed by atoms with Crippen molar-refractivity contribution < 1.29 is 24.1 Å². The Balaban J connectivity index is 4.81. The van der Waals surface area contributed by atoms with E-state index in [4.69, 9.17) is 19.3 Å². The van der Waals surface area contributed by atoms with Crippen LogP contribution < -0.4 is 0 Å². The zero-order valence-electron chi connectivity index (χ0n) is 8.86. The van der Waals surface area contributed by atoms with Crippen molar-refractivity contribution in [1.82, 2.24) is 0 Å². The van der Waals surface area contributed by atoms with E-state index in [9.17, 15) is 4.79 Å². The maximum atomic E-state index is 10.6. The summed E-state index contributed by atoms with van der Waals surface area (Å²) >= 11 is 0. The van der Waals surface area contributed by atoms with Gasteiger partial charge in [-0.3, -0.25) is 0 Å². The number of carboxylic acid groups (broad SMARTS) is 1. The summed E-state index contributed by atoms with van der Waals surface area (Å²) in [6.07, 6.45) is 1.37. The third-order valence-corrected chi connectivity index (χ3v) is 1.81. The molecule has 0 aliphatic carbocycles. The van der Waals surface area contributed by atoms with Crippen molar-refractivity contribution in [2.75, 3.05) is 27.9 Å². The number of methoxy groups -OCH3 is 3. The lowest BCUT2D eigenvalue weighted by Gasteiger charge is -2.26. The van der Waals surface area contributed by atoms with E-state index in [2.05, 4.69) is 0 Å². The van der Waals surface area contributed by atoms with Crippen LogP contribution in [0.2, 0.25) is 0 Å². The molecule has 0 saturated carbocycles. The summed E-state index contributed by atoms with van der Waals surface area (Å²) in [5.41, 5.74) is 0.144. The fraction of sp³-hybridized carbons (Fsp3) is 0.667. The van der Waals surface area contributed by atoms with E-state index in [0.29, 0.717) is 0 Å². The second kappa shape index (κ2) is 5.74. The number of hydrogen-bond acceptors (Lipinski definition) is 4. The minimum absolute atomic E-state index is 0.130. The van der Waals surface area contributed by atoms with Gasteiger partial charge in [-0.25, -0.2) is 4.79 Å². The van der Waals surface area contributed by atoms with Gasteiger partial charge in [0.1, 0.15) is 6.61 Å². The molecular weight excluding hydrogens is 188 g/mol. The lowest BCUT2D eigenvalue weighted by molar-refractivity contribution is -0.197. The van der Waals surface area contributed by atoms with Crippen LogP contribution >= 0.6 is 0 Å². The molecule has 5 nitrogen and oxygen atoms in total. The number of rotatable bonds is 6. The predicted molar refractivity (Wildman–Crippen MR) is 50.0 cm³/mol. The van der Waals surface area contributed by atoms with Gasteiger partial charge < -0.3 is 19.3 Å². The summed E-state index contributed by atoms with van der Waals surface area (Å²) in [5, 5.41) is 8.68. The molecule has 1 N–H and O–H groups in total. The summed E-state index contributed by atoms with van der Waals surface area (Å²) in [6.45, 7) is 1.59. The van der Waals surface area contributed by atoms with E-state index in [0.717, 1.165) is 0 Å². The highest BCUT2D eigenvalue weighted by atomic mass is 16.7. The first-order valence-corrected chi connectivity index (χ1v) is 4.03. The summed E-state index contributed by atoms with van der Waals surface area (Å²) in [5.74, 6) is -2.14. The Kier molecular flexibility index (Phi) is 5.37. The lowest BCUT2D eigenvalue weighted by Crippen LogP contribution is -2.37. The summed E-state index contributed by atoms with van der Waals surface area (Å²) in [4.78, 5) is 10.6. The van der Waals surface area contributed by atoms with Crippen LogP contribution in [0.15, 0.2) is 11.6 Å². The van der Waals surface area contributed by atoms with Gasteiger partial charge in [-0.2, -0.15) is 0 Å². The molecule has 0 spiro atoms. The molecule has 0 aromatic carbocycles. The second-order valence-corrected chi connectivity index (χ2v) is 2.79. The highest BCUT2D eigenvalue weighted by molar-refractivity contribution is 5.85. The summed E-state index contributed by atoms with van der Waals surface area (Å²) < 4.78 is 15.0.